The number of anilines is 2. The number of halogens is 1. The lowest BCUT2D eigenvalue weighted by molar-refractivity contribution is -0.387. The Morgan fingerprint density at radius 1 is 1.27 bits per heavy atom. The highest BCUT2D eigenvalue weighted by Crippen LogP contribution is 2.24. The third-order valence-corrected chi connectivity index (χ3v) is 4.53. The van der Waals surface area contributed by atoms with Crippen LogP contribution in [0.4, 0.5) is 21.5 Å². The van der Waals surface area contributed by atoms with Crippen molar-refractivity contribution in [2.24, 2.45) is 0 Å². The van der Waals surface area contributed by atoms with Crippen LogP contribution in [0.25, 0.3) is 0 Å². The maximum atomic E-state index is 13.4. The fraction of sp³-hybridized carbons (Fsp3) is 0.250. The van der Waals surface area contributed by atoms with Gasteiger partial charge < -0.3 is 15.0 Å². The quantitative estimate of drug-likeness (QED) is 0.440. The average Bonchev–Trinajstić information content (AvgIpc) is 3.15. The van der Waals surface area contributed by atoms with Crippen LogP contribution in [0.5, 0.6) is 0 Å². The topological polar surface area (TPSA) is 119 Å². The molecule has 0 spiro atoms. The number of carbonyl (C=O) groups is 3. The molecule has 1 saturated heterocycles. The molecule has 156 valence electrons. The van der Waals surface area contributed by atoms with Crippen molar-refractivity contribution < 1.29 is 28.4 Å². The molecule has 2 aromatic rings. The van der Waals surface area contributed by atoms with Crippen LogP contribution in [0.15, 0.2) is 42.5 Å². The second kappa shape index (κ2) is 8.68. The van der Waals surface area contributed by atoms with E-state index in [2.05, 4.69) is 5.32 Å². The Hall–Kier alpha value is -3.82. The summed E-state index contributed by atoms with van der Waals surface area (Å²) in [6, 6.07) is 9.22. The van der Waals surface area contributed by atoms with Gasteiger partial charge in [-0.25, -0.2) is 4.79 Å². The third-order valence-electron chi connectivity index (χ3n) is 4.53. The van der Waals surface area contributed by atoms with Crippen molar-refractivity contribution in [1.29, 1.82) is 0 Å². The summed E-state index contributed by atoms with van der Waals surface area (Å²) >= 11 is 0. The number of hydrogen-bond acceptors (Lipinski definition) is 6. The zero-order chi connectivity index (χ0) is 21.8. The van der Waals surface area contributed by atoms with Gasteiger partial charge in [0.05, 0.1) is 10.5 Å². The van der Waals surface area contributed by atoms with E-state index in [4.69, 9.17) is 4.74 Å². The summed E-state index contributed by atoms with van der Waals surface area (Å²) in [4.78, 5) is 48.0. The van der Waals surface area contributed by atoms with E-state index in [-0.39, 0.29) is 17.2 Å². The molecule has 9 nitrogen and oxygen atoms in total. The first-order valence-electron chi connectivity index (χ1n) is 9.12. The molecule has 2 amide bonds. The van der Waals surface area contributed by atoms with E-state index >= 15 is 0 Å². The molecule has 0 bridgehead atoms. The molecule has 0 radical (unpaired) electrons. The number of nitro benzene ring substituents is 1. The number of nitrogens with zero attached hydrogens (tertiary/aromatic N) is 2. The highest BCUT2D eigenvalue weighted by molar-refractivity contribution is 5.99. The first-order chi connectivity index (χ1) is 14.3. The Bertz CT molecular complexity index is 1030. The fourth-order valence-corrected chi connectivity index (χ4v) is 2.98. The largest absolute Gasteiger partial charge is 0.449 e. The van der Waals surface area contributed by atoms with Gasteiger partial charge >= 0.3 is 11.7 Å². The minimum Gasteiger partial charge on any atom is -0.449 e. The van der Waals surface area contributed by atoms with Crippen LogP contribution in [0.3, 0.4) is 0 Å². The van der Waals surface area contributed by atoms with Gasteiger partial charge in [-0.1, -0.05) is 6.07 Å². The SMILES string of the molecule is C[C@@H](OC(=O)c1cccc(N2CCCC2=O)c1)C(=O)Nc1ccc(F)c([N+](=O)[O-])c1. The minimum absolute atomic E-state index is 0.00876. The predicted octanol–water partition coefficient (Wildman–Crippen LogP) is 3.04. The smallest absolute Gasteiger partial charge is 0.338 e. The van der Waals surface area contributed by atoms with E-state index in [1.54, 1.807) is 17.0 Å². The van der Waals surface area contributed by atoms with E-state index in [1.807, 2.05) is 0 Å². The molecular formula is C20H18FN3O6. The normalized spacial score (nSPS) is 14.3. The molecule has 1 fully saturated rings. The number of nitrogens with one attached hydrogen (secondary N) is 1. The second-order valence-corrected chi connectivity index (χ2v) is 6.66. The molecule has 0 saturated carbocycles. The number of rotatable bonds is 6. The fourth-order valence-electron chi connectivity index (χ4n) is 2.98. The molecule has 1 heterocycles. The van der Waals surface area contributed by atoms with Crippen molar-refractivity contribution in [3.63, 3.8) is 0 Å². The van der Waals surface area contributed by atoms with Crippen LogP contribution in [0.1, 0.15) is 30.1 Å². The molecule has 0 unspecified atom stereocenters. The summed E-state index contributed by atoms with van der Waals surface area (Å²) in [6.07, 6.45) is -0.0293. The van der Waals surface area contributed by atoms with Gasteiger partial charge in [0.25, 0.3) is 5.91 Å². The van der Waals surface area contributed by atoms with Crippen molar-refractivity contribution in [1.82, 2.24) is 0 Å². The zero-order valence-electron chi connectivity index (χ0n) is 16.0. The van der Waals surface area contributed by atoms with Gasteiger partial charge in [-0.05, 0) is 43.7 Å². The first-order valence-corrected chi connectivity index (χ1v) is 9.12. The average molecular weight is 415 g/mol. The lowest BCUT2D eigenvalue weighted by atomic mass is 10.2. The van der Waals surface area contributed by atoms with E-state index in [0.29, 0.717) is 18.7 Å². The number of amides is 2. The summed E-state index contributed by atoms with van der Waals surface area (Å²) in [5, 5.41) is 13.1. The monoisotopic (exact) mass is 415 g/mol. The number of carbonyl (C=O) groups excluding carboxylic acids is 3. The van der Waals surface area contributed by atoms with Gasteiger partial charge in [0.1, 0.15) is 0 Å². The number of esters is 1. The van der Waals surface area contributed by atoms with Gasteiger partial charge in [0, 0.05) is 30.4 Å². The van der Waals surface area contributed by atoms with Crippen molar-refractivity contribution in [3.8, 4) is 0 Å². The molecule has 1 atom stereocenters. The molecule has 0 aromatic heterocycles. The Morgan fingerprint density at radius 2 is 2.03 bits per heavy atom. The van der Waals surface area contributed by atoms with Crippen LogP contribution in [-0.2, 0) is 14.3 Å². The molecular weight excluding hydrogens is 397 g/mol. The van der Waals surface area contributed by atoms with Crippen molar-refractivity contribution in [3.05, 3.63) is 64.0 Å². The third kappa shape index (κ3) is 4.59. The predicted molar refractivity (Wildman–Crippen MR) is 105 cm³/mol. The Balaban J connectivity index is 1.65. The maximum Gasteiger partial charge on any atom is 0.338 e. The molecule has 30 heavy (non-hydrogen) atoms. The summed E-state index contributed by atoms with van der Waals surface area (Å²) < 4.78 is 18.6. The molecule has 1 N–H and O–H groups in total. The van der Waals surface area contributed by atoms with Crippen LogP contribution in [-0.4, -0.2) is 35.4 Å². The molecule has 1 aliphatic heterocycles. The van der Waals surface area contributed by atoms with E-state index in [0.717, 1.165) is 24.6 Å². The van der Waals surface area contributed by atoms with E-state index < -0.39 is 34.4 Å². The lowest BCUT2D eigenvalue weighted by Gasteiger charge is -2.17. The van der Waals surface area contributed by atoms with Crippen LogP contribution in [0.2, 0.25) is 0 Å². The van der Waals surface area contributed by atoms with Gasteiger partial charge in [0.15, 0.2) is 6.10 Å². The van der Waals surface area contributed by atoms with E-state index in [1.165, 1.54) is 19.1 Å². The number of nitro groups is 1. The summed E-state index contributed by atoms with van der Waals surface area (Å²) in [6.45, 7) is 1.90. The van der Waals surface area contributed by atoms with Crippen molar-refractivity contribution in [2.75, 3.05) is 16.8 Å². The van der Waals surface area contributed by atoms with Gasteiger partial charge in [-0.3, -0.25) is 19.7 Å². The maximum absolute atomic E-state index is 13.4. The molecule has 10 heteroatoms. The Morgan fingerprint density at radius 3 is 2.70 bits per heavy atom. The Labute approximate surface area is 170 Å². The summed E-state index contributed by atoms with van der Waals surface area (Å²) in [5.74, 6) is -2.57. The van der Waals surface area contributed by atoms with Crippen LogP contribution in [0, 0.1) is 15.9 Å². The van der Waals surface area contributed by atoms with Gasteiger partial charge in [-0.15, -0.1) is 0 Å². The standard InChI is InChI=1S/C20H18FN3O6/c1-12(19(26)22-14-7-8-16(21)17(11-14)24(28)29)30-20(27)13-4-2-5-15(10-13)23-9-3-6-18(23)25/h2,4-5,7-8,10-12H,3,6,9H2,1H3,(H,22,26)/t12-/m1/s1. The van der Waals surface area contributed by atoms with Crippen LogP contribution >= 0.6 is 0 Å². The highest BCUT2D eigenvalue weighted by Gasteiger charge is 2.24. The minimum atomic E-state index is -1.22. The van der Waals surface area contributed by atoms with Crippen molar-refractivity contribution in [2.45, 2.75) is 25.9 Å². The molecule has 3 rings (SSSR count). The summed E-state index contributed by atoms with van der Waals surface area (Å²) in [7, 11) is 0. The number of benzene rings is 2. The van der Waals surface area contributed by atoms with Gasteiger partial charge in [0.2, 0.25) is 11.7 Å². The molecule has 0 aliphatic carbocycles. The molecule has 1 aliphatic rings. The highest BCUT2D eigenvalue weighted by atomic mass is 19.1. The Kier molecular flexibility index (Phi) is 6.05. The second-order valence-electron chi connectivity index (χ2n) is 6.66. The summed E-state index contributed by atoms with van der Waals surface area (Å²) in [5.41, 5.74) is -0.0526. The number of ether oxygens (including phenoxy) is 1. The zero-order valence-corrected chi connectivity index (χ0v) is 16.0. The van der Waals surface area contributed by atoms with Gasteiger partial charge in [-0.2, -0.15) is 4.39 Å². The first kappa shape index (κ1) is 20.9. The number of hydrogen-bond donors (Lipinski definition) is 1. The lowest BCUT2D eigenvalue weighted by Crippen LogP contribution is -2.30. The van der Waals surface area contributed by atoms with Crippen LogP contribution < -0.4 is 10.2 Å². The van der Waals surface area contributed by atoms with Crippen molar-refractivity contribution >= 4 is 34.8 Å². The molecule has 2 aromatic carbocycles. The van der Waals surface area contributed by atoms with E-state index in [9.17, 15) is 28.9 Å².